The van der Waals surface area contributed by atoms with Crippen molar-refractivity contribution in [2.45, 2.75) is 38.9 Å². The SMILES string of the molecule is Brc1cccc(-c2nc(-c3ccccc3)nc(-c3ccccc3)n2)c1.CC1(C)OB(c2cccc(-c3nc(-c4ccccc4)cc(-c4ccc(-c5ccccc5)cc4)n3)c2)OC1(C)C.c1ccc(-c2ccc(-c3cc(-c4ccccc4)nc(-c4cccc(-c5cccc(-c6nc(-c7ccccc7)nc(-c7ccccc7)n6)c5)c4)n3)cc2)cc1. The van der Waals surface area contributed by atoms with E-state index in [1.165, 1.54) is 16.7 Å². The van der Waals surface area contributed by atoms with Gasteiger partial charge >= 0.3 is 7.12 Å². The van der Waals surface area contributed by atoms with E-state index >= 15 is 0 Å². The van der Waals surface area contributed by atoms with Crippen LogP contribution in [0.3, 0.4) is 0 Å². The van der Waals surface area contributed by atoms with E-state index in [4.69, 9.17) is 54.2 Å². The largest absolute Gasteiger partial charge is 0.494 e. The number of hydrogen-bond acceptors (Lipinski definition) is 12. The van der Waals surface area contributed by atoms with Gasteiger partial charge in [0.05, 0.1) is 34.0 Å². The van der Waals surface area contributed by atoms with Crippen molar-refractivity contribution in [2.24, 2.45) is 0 Å². The molecule has 0 atom stereocenters. The summed E-state index contributed by atoms with van der Waals surface area (Å²) >= 11 is 3.52. The Morgan fingerprint density at radius 1 is 0.186 bits per heavy atom. The van der Waals surface area contributed by atoms with E-state index in [0.29, 0.717) is 46.6 Å². The van der Waals surface area contributed by atoms with Crippen LogP contribution in [-0.2, 0) is 9.31 Å². The molecule has 1 fully saturated rings. The number of nitrogens with zero attached hydrogens (tertiary/aromatic N) is 10. The fraction of sp³-hybridized carbons (Fsp3) is 0.0577. The van der Waals surface area contributed by atoms with Gasteiger partial charge in [-0.05, 0) is 103 Å². The van der Waals surface area contributed by atoms with Crippen molar-refractivity contribution in [1.82, 2.24) is 49.8 Å². The number of hydrogen-bond donors (Lipinski definition) is 0. The van der Waals surface area contributed by atoms with Gasteiger partial charge in [0, 0.05) is 71.2 Å². The molecule has 0 saturated carbocycles. The highest BCUT2D eigenvalue weighted by Gasteiger charge is 2.51. The Hall–Kier alpha value is -14.3. The van der Waals surface area contributed by atoms with E-state index in [1.807, 2.05) is 218 Å². The molecule has 14 aromatic carbocycles. The lowest BCUT2D eigenvalue weighted by molar-refractivity contribution is 0.00578. The summed E-state index contributed by atoms with van der Waals surface area (Å²) in [4.78, 5) is 49.1. The highest BCUT2D eigenvalue weighted by Crippen LogP contribution is 2.39. The molecule has 0 N–H and O–H groups in total. The fourth-order valence-electron chi connectivity index (χ4n) is 13.9. The Labute approximate surface area is 696 Å². The minimum Gasteiger partial charge on any atom is -0.399 e. The van der Waals surface area contributed by atoms with Crippen molar-refractivity contribution >= 4 is 28.5 Å². The summed E-state index contributed by atoms with van der Waals surface area (Å²) in [6.45, 7) is 8.27. The average Bonchev–Trinajstić information content (AvgIpc) is 1.61. The van der Waals surface area contributed by atoms with E-state index in [0.717, 1.165) is 116 Å². The molecule has 19 rings (SSSR count). The Kier molecular flexibility index (Phi) is 22.5. The molecule has 118 heavy (non-hydrogen) atoms. The Morgan fingerprint density at radius 2 is 0.398 bits per heavy atom. The third-order valence-electron chi connectivity index (χ3n) is 20.9. The zero-order valence-corrected chi connectivity index (χ0v) is 66.9. The van der Waals surface area contributed by atoms with Crippen LogP contribution in [-0.4, -0.2) is 68.2 Å². The van der Waals surface area contributed by atoms with E-state index in [-0.39, 0.29) is 0 Å². The van der Waals surface area contributed by atoms with Gasteiger partial charge in [0.15, 0.2) is 46.6 Å². The van der Waals surface area contributed by atoms with Gasteiger partial charge in [0.1, 0.15) is 0 Å². The number of rotatable bonds is 16. The van der Waals surface area contributed by atoms with Crippen LogP contribution in [0.1, 0.15) is 27.7 Å². The van der Waals surface area contributed by atoms with Gasteiger partial charge in [0.2, 0.25) is 0 Å². The predicted molar refractivity (Wildman–Crippen MR) is 482 cm³/mol. The molecule has 0 aliphatic carbocycles. The summed E-state index contributed by atoms with van der Waals surface area (Å²) in [5.41, 5.74) is 22.1. The van der Waals surface area contributed by atoms with Gasteiger partial charge in [-0.2, -0.15) is 0 Å². The lowest BCUT2D eigenvalue weighted by atomic mass is 9.78. The summed E-state index contributed by atoms with van der Waals surface area (Å²) in [6.07, 6.45) is 0. The highest BCUT2D eigenvalue weighted by molar-refractivity contribution is 9.10. The van der Waals surface area contributed by atoms with Crippen LogP contribution in [0.15, 0.2) is 405 Å². The van der Waals surface area contributed by atoms with Gasteiger partial charge in [-0.15, -0.1) is 0 Å². The monoisotopic (exact) mass is 1590 g/mol. The van der Waals surface area contributed by atoms with Gasteiger partial charge < -0.3 is 9.31 Å². The number of aromatic nitrogens is 10. The third kappa shape index (κ3) is 17.8. The second-order valence-electron chi connectivity index (χ2n) is 29.5. The molecule has 14 heteroatoms. The molecule has 4 aromatic heterocycles. The first-order chi connectivity index (χ1) is 57.8. The van der Waals surface area contributed by atoms with Gasteiger partial charge in [0.25, 0.3) is 0 Å². The molecule has 0 bridgehead atoms. The van der Waals surface area contributed by atoms with E-state index in [1.54, 1.807) is 0 Å². The standard InChI is InChI=1S/C49H33N5.C34H31BN2O2.C21H14BrN3/c1-5-15-34(16-6-1)35-27-29-37(30-28-35)45-33-44(36-17-7-2-8-18-36)50-48(51-45)42-25-13-23-40(31-42)41-24-14-26-43(32-41)49-53-46(38-19-9-3-10-20-38)52-47(54-49)39-21-11-4-12-22-39;1-33(2)34(3,4)39-35(38-33)29-17-11-16-28(22-29)32-36-30(26-14-9-6-10-15-26)23-31(37-32)27-20-18-25(19-21-27)24-12-7-5-8-13-24;22-18-13-7-12-17(14-18)21-24-19(15-8-3-1-4-9-15)23-20(25-21)16-10-5-2-6-11-16/h1-33H;5-23H,1-4H3;1-14H. The minimum absolute atomic E-state index is 0.406. The predicted octanol–water partition coefficient (Wildman–Crippen LogP) is 25.1. The number of halogens is 1. The van der Waals surface area contributed by atoms with Crippen molar-refractivity contribution in [3.63, 3.8) is 0 Å². The third-order valence-corrected chi connectivity index (χ3v) is 21.4. The molecule has 1 aliphatic heterocycles. The highest BCUT2D eigenvalue weighted by atomic mass is 79.9. The first kappa shape index (κ1) is 76.4. The molecular formula is C104H78BBrN10O2. The molecule has 12 nitrogen and oxygen atoms in total. The van der Waals surface area contributed by atoms with Crippen LogP contribution < -0.4 is 5.46 Å². The summed E-state index contributed by atoms with van der Waals surface area (Å²) in [5.74, 6) is 5.21. The lowest BCUT2D eigenvalue weighted by Crippen LogP contribution is -2.41. The van der Waals surface area contributed by atoms with Gasteiger partial charge in [-0.1, -0.05) is 380 Å². The molecule has 5 heterocycles. The second kappa shape index (κ2) is 34.8. The first-order valence-corrected chi connectivity index (χ1v) is 40.0. The lowest BCUT2D eigenvalue weighted by Gasteiger charge is -2.32. The molecule has 0 unspecified atom stereocenters. The van der Waals surface area contributed by atoms with Crippen LogP contribution in [0, 0.1) is 0 Å². The van der Waals surface area contributed by atoms with Gasteiger partial charge in [-0.25, -0.2) is 49.8 Å². The Balaban J connectivity index is 0.000000136. The van der Waals surface area contributed by atoms with Crippen LogP contribution in [0.25, 0.3) is 170 Å². The molecule has 18 aromatic rings. The normalized spacial score (nSPS) is 12.5. The maximum absolute atomic E-state index is 6.31. The summed E-state index contributed by atoms with van der Waals surface area (Å²) < 4.78 is 13.6. The molecule has 1 saturated heterocycles. The van der Waals surface area contributed by atoms with E-state index < -0.39 is 18.3 Å². The summed E-state index contributed by atoms with van der Waals surface area (Å²) in [5, 5.41) is 0. The van der Waals surface area contributed by atoms with Crippen LogP contribution in [0.2, 0.25) is 0 Å². The zero-order valence-electron chi connectivity index (χ0n) is 65.3. The molecule has 1 aliphatic rings. The van der Waals surface area contributed by atoms with Crippen LogP contribution in [0.4, 0.5) is 0 Å². The average molecular weight is 1590 g/mol. The van der Waals surface area contributed by atoms with Crippen molar-refractivity contribution in [2.75, 3.05) is 0 Å². The molecule has 0 radical (unpaired) electrons. The number of benzene rings is 14. The molecule has 566 valence electrons. The summed E-state index contributed by atoms with van der Waals surface area (Å²) in [7, 11) is -0.447. The van der Waals surface area contributed by atoms with Crippen molar-refractivity contribution in [1.29, 1.82) is 0 Å². The van der Waals surface area contributed by atoms with Crippen LogP contribution >= 0.6 is 15.9 Å². The van der Waals surface area contributed by atoms with Crippen molar-refractivity contribution in [3.8, 4) is 170 Å². The second-order valence-corrected chi connectivity index (χ2v) is 30.4. The van der Waals surface area contributed by atoms with E-state index in [9.17, 15) is 0 Å². The molecule has 0 amide bonds. The maximum atomic E-state index is 6.31. The zero-order chi connectivity index (χ0) is 80.2. The topological polar surface area (TPSA) is 147 Å². The Bertz CT molecular complexity index is 6350. The van der Waals surface area contributed by atoms with E-state index in [2.05, 4.69) is 231 Å². The first-order valence-electron chi connectivity index (χ1n) is 39.2. The van der Waals surface area contributed by atoms with Gasteiger partial charge in [-0.3, -0.25) is 0 Å². The quantitative estimate of drug-likeness (QED) is 0.0848. The molecule has 0 spiro atoms. The minimum atomic E-state index is -0.447. The van der Waals surface area contributed by atoms with Crippen LogP contribution in [0.5, 0.6) is 0 Å². The molecular weight excluding hydrogens is 1510 g/mol. The van der Waals surface area contributed by atoms with Crippen molar-refractivity contribution in [3.05, 3.63) is 405 Å². The fourth-order valence-corrected chi connectivity index (χ4v) is 14.3. The summed E-state index contributed by atoms with van der Waals surface area (Å²) in [6, 6.07) is 136. The smallest absolute Gasteiger partial charge is 0.399 e. The maximum Gasteiger partial charge on any atom is 0.494 e. The Morgan fingerprint density at radius 3 is 0.712 bits per heavy atom. The van der Waals surface area contributed by atoms with Crippen molar-refractivity contribution < 1.29 is 9.31 Å².